The van der Waals surface area contributed by atoms with E-state index < -0.39 is 0 Å². The Morgan fingerprint density at radius 3 is 2.47 bits per heavy atom. The lowest BCUT2D eigenvalue weighted by atomic mass is 10.1. The van der Waals surface area contributed by atoms with Crippen molar-refractivity contribution in [3.8, 4) is 10.6 Å². The Balaban J connectivity index is 1.15. The first-order valence-electron chi connectivity index (χ1n) is 10.6. The molecular formula is C24H23N5O2S. The number of benzene rings is 1. The topological polar surface area (TPSA) is 82.2 Å². The van der Waals surface area contributed by atoms with E-state index in [4.69, 9.17) is 0 Å². The average Bonchev–Trinajstić information content (AvgIpc) is 3.47. The normalized spacial score (nSPS) is 14.1. The van der Waals surface area contributed by atoms with Gasteiger partial charge in [-0.1, -0.05) is 18.2 Å². The summed E-state index contributed by atoms with van der Waals surface area (Å²) in [4.78, 5) is 41.2. The molecule has 0 spiro atoms. The molecule has 8 heteroatoms. The van der Waals surface area contributed by atoms with Gasteiger partial charge in [-0.15, -0.1) is 11.3 Å². The maximum atomic E-state index is 12.8. The Hall–Kier alpha value is -3.52. The van der Waals surface area contributed by atoms with Crippen LogP contribution in [0.5, 0.6) is 0 Å². The van der Waals surface area contributed by atoms with Crippen molar-refractivity contribution in [2.75, 3.05) is 26.2 Å². The van der Waals surface area contributed by atoms with Gasteiger partial charge in [0.25, 0.3) is 0 Å². The summed E-state index contributed by atoms with van der Waals surface area (Å²) in [6.45, 7) is 2.23. The van der Waals surface area contributed by atoms with Gasteiger partial charge in [0.2, 0.25) is 11.8 Å². The molecule has 1 aromatic carbocycles. The maximum absolute atomic E-state index is 12.8. The van der Waals surface area contributed by atoms with Gasteiger partial charge >= 0.3 is 0 Å². The van der Waals surface area contributed by atoms with Gasteiger partial charge < -0.3 is 14.8 Å². The fourth-order valence-corrected chi connectivity index (χ4v) is 4.85. The van der Waals surface area contributed by atoms with E-state index in [2.05, 4.69) is 15.0 Å². The second kappa shape index (κ2) is 8.92. The smallest absolute Gasteiger partial charge is 0.228 e. The zero-order valence-electron chi connectivity index (χ0n) is 17.5. The minimum atomic E-state index is 0.0526. The number of rotatable bonds is 5. The van der Waals surface area contributed by atoms with E-state index in [9.17, 15) is 9.59 Å². The third-order valence-corrected chi connectivity index (χ3v) is 6.73. The number of pyridine rings is 1. The quantitative estimate of drug-likeness (QED) is 0.512. The zero-order chi connectivity index (χ0) is 21.9. The summed E-state index contributed by atoms with van der Waals surface area (Å²) >= 11 is 1.52. The van der Waals surface area contributed by atoms with Crippen LogP contribution in [-0.4, -0.2) is 62.7 Å². The number of amides is 2. The molecule has 3 aromatic heterocycles. The van der Waals surface area contributed by atoms with E-state index in [-0.39, 0.29) is 18.2 Å². The van der Waals surface area contributed by atoms with Gasteiger partial charge in [0, 0.05) is 66.6 Å². The highest BCUT2D eigenvalue weighted by Gasteiger charge is 2.25. The molecule has 1 N–H and O–H groups in total. The van der Waals surface area contributed by atoms with Crippen LogP contribution in [0.2, 0.25) is 0 Å². The number of carbonyl (C=O) groups is 2. The molecule has 32 heavy (non-hydrogen) atoms. The van der Waals surface area contributed by atoms with Crippen LogP contribution in [0.25, 0.3) is 21.5 Å². The molecule has 7 nitrogen and oxygen atoms in total. The molecule has 162 valence electrons. The predicted octanol–water partition coefficient (Wildman–Crippen LogP) is 3.14. The van der Waals surface area contributed by atoms with E-state index in [1.54, 1.807) is 12.4 Å². The standard InChI is InChI=1S/C24H23N5O2S/c30-22(12-18-15-26-21-6-2-1-5-20(18)21)28-8-10-29(11-9-28)23(31)13-19-16-32-24(27-19)17-4-3-7-25-14-17/h1-7,14-16,26H,8-13H2. The molecule has 1 aliphatic heterocycles. The van der Waals surface area contributed by atoms with Crippen LogP contribution in [0.4, 0.5) is 0 Å². The number of aromatic amines is 1. The molecule has 0 atom stereocenters. The highest BCUT2D eigenvalue weighted by molar-refractivity contribution is 7.13. The van der Waals surface area contributed by atoms with E-state index in [1.807, 2.05) is 57.8 Å². The second-order valence-electron chi connectivity index (χ2n) is 7.86. The summed E-state index contributed by atoms with van der Waals surface area (Å²) in [6, 6.07) is 11.8. The molecule has 5 rings (SSSR count). The monoisotopic (exact) mass is 445 g/mol. The Bertz CT molecular complexity index is 1240. The van der Waals surface area contributed by atoms with Crippen molar-refractivity contribution in [3.63, 3.8) is 0 Å². The van der Waals surface area contributed by atoms with E-state index >= 15 is 0 Å². The van der Waals surface area contributed by atoms with Crippen LogP contribution in [0.1, 0.15) is 11.3 Å². The minimum absolute atomic E-state index is 0.0526. The first kappa shape index (κ1) is 20.4. The summed E-state index contributed by atoms with van der Waals surface area (Å²) in [5.74, 6) is 0.152. The first-order chi connectivity index (χ1) is 15.7. The zero-order valence-corrected chi connectivity index (χ0v) is 18.3. The lowest BCUT2D eigenvalue weighted by Gasteiger charge is -2.34. The molecule has 1 aliphatic rings. The summed E-state index contributed by atoms with van der Waals surface area (Å²) in [5.41, 5.74) is 3.78. The predicted molar refractivity (Wildman–Crippen MR) is 124 cm³/mol. The Morgan fingerprint density at radius 2 is 1.72 bits per heavy atom. The van der Waals surface area contributed by atoms with Crippen molar-refractivity contribution in [3.05, 3.63) is 71.6 Å². The Kier molecular flexibility index (Phi) is 5.68. The third-order valence-electron chi connectivity index (χ3n) is 5.79. The van der Waals surface area contributed by atoms with E-state index in [0.29, 0.717) is 32.6 Å². The molecule has 0 aliphatic carbocycles. The van der Waals surface area contributed by atoms with Crippen LogP contribution >= 0.6 is 11.3 Å². The average molecular weight is 446 g/mol. The molecule has 4 heterocycles. The summed E-state index contributed by atoms with van der Waals surface area (Å²) in [5, 5.41) is 3.89. The number of fused-ring (bicyclic) bond motifs is 1. The van der Waals surface area contributed by atoms with Gasteiger partial charge in [0.05, 0.1) is 18.5 Å². The highest BCUT2D eigenvalue weighted by Crippen LogP contribution is 2.23. The Morgan fingerprint density at radius 1 is 0.969 bits per heavy atom. The highest BCUT2D eigenvalue weighted by atomic mass is 32.1. The number of carbonyl (C=O) groups excluding carboxylic acids is 2. The number of para-hydroxylation sites is 1. The van der Waals surface area contributed by atoms with Gasteiger partial charge in [-0.25, -0.2) is 4.98 Å². The molecule has 4 aromatic rings. The molecule has 0 bridgehead atoms. The molecule has 1 fully saturated rings. The number of piperazine rings is 1. The number of H-pyrrole nitrogens is 1. The third kappa shape index (κ3) is 4.27. The molecule has 0 saturated carbocycles. The number of nitrogens with zero attached hydrogens (tertiary/aromatic N) is 4. The van der Waals surface area contributed by atoms with Gasteiger partial charge in [-0.2, -0.15) is 0 Å². The fourth-order valence-electron chi connectivity index (χ4n) is 4.03. The number of hydrogen-bond acceptors (Lipinski definition) is 5. The van der Waals surface area contributed by atoms with Gasteiger partial charge in [0.15, 0.2) is 0 Å². The molecule has 0 radical (unpaired) electrons. The van der Waals surface area contributed by atoms with Crippen molar-refractivity contribution < 1.29 is 9.59 Å². The van der Waals surface area contributed by atoms with Crippen molar-refractivity contribution in [1.82, 2.24) is 24.8 Å². The van der Waals surface area contributed by atoms with Crippen molar-refractivity contribution in [2.45, 2.75) is 12.8 Å². The summed E-state index contributed by atoms with van der Waals surface area (Å²) in [7, 11) is 0. The molecular weight excluding hydrogens is 422 g/mol. The van der Waals surface area contributed by atoms with E-state index in [0.717, 1.165) is 32.7 Å². The number of aromatic nitrogens is 3. The lowest BCUT2D eigenvalue weighted by molar-refractivity contribution is -0.138. The van der Waals surface area contributed by atoms with Gasteiger partial charge in [0.1, 0.15) is 5.01 Å². The fraction of sp³-hybridized carbons (Fsp3) is 0.250. The van der Waals surface area contributed by atoms with Crippen molar-refractivity contribution >= 4 is 34.1 Å². The van der Waals surface area contributed by atoms with Crippen LogP contribution in [0.15, 0.2) is 60.4 Å². The van der Waals surface area contributed by atoms with Crippen molar-refractivity contribution in [2.24, 2.45) is 0 Å². The van der Waals surface area contributed by atoms with Gasteiger partial charge in [-0.05, 0) is 23.8 Å². The van der Waals surface area contributed by atoms with E-state index in [1.165, 1.54) is 11.3 Å². The van der Waals surface area contributed by atoms with Crippen LogP contribution < -0.4 is 0 Å². The summed E-state index contributed by atoms with van der Waals surface area (Å²) in [6.07, 6.45) is 6.06. The van der Waals surface area contributed by atoms with Crippen molar-refractivity contribution in [1.29, 1.82) is 0 Å². The first-order valence-corrected chi connectivity index (χ1v) is 11.5. The number of thiazole rings is 1. The molecule has 0 unspecified atom stereocenters. The Labute approximate surface area is 189 Å². The SMILES string of the molecule is O=C(Cc1csc(-c2cccnc2)n1)N1CCN(C(=O)Cc2c[nH]c3ccccc23)CC1. The lowest BCUT2D eigenvalue weighted by Crippen LogP contribution is -2.51. The van der Waals surface area contributed by atoms with Crippen LogP contribution in [0, 0.1) is 0 Å². The number of hydrogen-bond donors (Lipinski definition) is 1. The number of nitrogens with one attached hydrogen (secondary N) is 1. The second-order valence-corrected chi connectivity index (χ2v) is 8.72. The summed E-state index contributed by atoms with van der Waals surface area (Å²) < 4.78 is 0. The van der Waals surface area contributed by atoms with Crippen LogP contribution in [-0.2, 0) is 22.4 Å². The van der Waals surface area contributed by atoms with Crippen LogP contribution in [0.3, 0.4) is 0 Å². The molecule has 1 saturated heterocycles. The largest absolute Gasteiger partial charge is 0.361 e. The maximum Gasteiger partial charge on any atom is 0.228 e. The molecule has 2 amide bonds. The minimum Gasteiger partial charge on any atom is -0.361 e. The van der Waals surface area contributed by atoms with Gasteiger partial charge in [-0.3, -0.25) is 14.6 Å².